The van der Waals surface area contributed by atoms with Gasteiger partial charge in [-0.3, -0.25) is 9.69 Å². The summed E-state index contributed by atoms with van der Waals surface area (Å²) < 4.78 is 6.88. The maximum Gasteiger partial charge on any atom is 0.255 e. The number of rotatable bonds is 8. The van der Waals surface area contributed by atoms with E-state index in [1.54, 1.807) is 0 Å². The van der Waals surface area contributed by atoms with Gasteiger partial charge in [0.1, 0.15) is 12.4 Å². The standard InChI is InChI=1S/C21H27IN2O2/c1-15(2)24(16(3)4)12-13-26-20-10-8-19(9-11-20)23-21(25)17-6-5-7-18(22)14-17/h5-11,14-16H,12-13H2,1-4H3,(H,23,25). The maximum atomic E-state index is 12.3. The molecule has 1 N–H and O–H groups in total. The quantitative estimate of drug-likeness (QED) is 0.555. The van der Waals surface area contributed by atoms with Crippen molar-refractivity contribution in [1.29, 1.82) is 0 Å². The first-order valence-electron chi connectivity index (χ1n) is 8.92. The van der Waals surface area contributed by atoms with Crippen molar-refractivity contribution < 1.29 is 9.53 Å². The second kappa shape index (κ2) is 9.92. The summed E-state index contributed by atoms with van der Waals surface area (Å²) in [6.07, 6.45) is 0. The monoisotopic (exact) mass is 466 g/mol. The summed E-state index contributed by atoms with van der Waals surface area (Å²) in [7, 11) is 0. The van der Waals surface area contributed by atoms with Gasteiger partial charge in [-0.05, 0) is 92.8 Å². The van der Waals surface area contributed by atoms with E-state index in [0.717, 1.165) is 21.6 Å². The molecule has 0 saturated heterocycles. The molecule has 0 bridgehead atoms. The van der Waals surface area contributed by atoms with Gasteiger partial charge in [0.2, 0.25) is 0 Å². The minimum Gasteiger partial charge on any atom is -0.492 e. The number of halogens is 1. The molecule has 26 heavy (non-hydrogen) atoms. The van der Waals surface area contributed by atoms with E-state index in [1.807, 2.05) is 48.5 Å². The van der Waals surface area contributed by atoms with Gasteiger partial charge in [0.25, 0.3) is 5.91 Å². The molecule has 2 aromatic rings. The van der Waals surface area contributed by atoms with Crippen LogP contribution in [0.2, 0.25) is 0 Å². The molecule has 0 saturated carbocycles. The van der Waals surface area contributed by atoms with E-state index in [1.165, 1.54) is 0 Å². The van der Waals surface area contributed by atoms with Crippen LogP contribution in [0.15, 0.2) is 48.5 Å². The molecule has 5 heteroatoms. The molecule has 0 aliphatic rings. The Labute approximate surface area is 170 Å². The number of carbonyl (C=O) groups is 1. The number of nitrogens with one attached hydrogen (secondary N) is 1. The topological polar surface area (TPSA) is 41.6 Å². The van der Waals surface area contributed by atoms with Gasteiger partial charge in [0.05, 0.1) is 0 Å². The normalized spacial score (nSPS) is 11.2. The highest BCUT2D eigenvalue weighted by atomic mass is 127. The molecular formula is C21H27IN2O2. The average Bonchev–Trinajstić information content (AvgIpc) is 2.59. The van der Waals surface area contributed by atoms with Gasteiger partial charge in [-0.2, -0.15) is 0 Å². The van der Waals surface area contributed by atoms with Crippen molar-refractivity contribution >= 4 is 34.2 Å². The summed E-state index contributed by atoms with van der Waals surface area (Å²) in [6.45, 7) is 10.3. The number of nitrogens with zero attached hydrogens (tertiary/aromatic N) is 1. The van der Waals surface area contributed by atoms with Crippen LogP contribution in [0.3, 0.4) is 0 Å². The van der Waals surface area contributed by atoms with Crippen LogP contribution in [0.1, 0.15) is 38.1 Å². The first-order chi connectivity index (χ1) is 12.4. The molecule has 4 nitrogen and oxygen atoms in total. The maximum absolute atomic E-state index is 12.3. The second-order valence-corrected chi connectivity index (χ2v) is 8.01. The smallest absolute Gasteiger partial charge is 0.255 e. The van der Waals surface area contributed by atoms with Gasteiger partial charge < -0.3 is 10.1 Å². The van der Waals surface area contributed by atoms with E-state index in [-0.39, 0.29) is 5.91 Å². The van der Waals surface area contributed by atoms with Crippen LogP contribution in [0.5, 0.6) is 5.75 Å². The molecule has 0 aromatic heterocycles. The lowest BCUT2D eigenvalue weighted by atomic mass is 10.2. The number of carbonyl (C=O) groups excluding carboxylic acids is 1. The third kappa shape index (κ3) is 6.29. The van der Waals surface area contributed by atoms with Gasteiger partial charge >= 0.3 is 0 Å². The van der Waals surface area contributed by atoms with E-state index in [9.17, 15) is 4.79 Å². The van der Waals surface area contributed by atoms with E-state index in [2.05, 4.69) is 60.5 Å². The highest BCUT2D eigenvalue weighted by Crippen LogP contribution is 2.17. The fourth-order valence-electron chi connectivity index (χ4n) is 2.85. The zero-order chi connectivity index (χ0) is 19.1. The Morgan fingerprint density at radius 3 is 2.31 bits per heavy atom. The Bertz CT molecular complexity index is 706. The molecule has 2 aromatic carbocycles. The predicted molar refractivity (Wildman–Crippen MR) is 116 cm³/mol. The Hall–Kier alpha value is -1.60. The van der Waals surface area contributed by atoms with Crippen molar-refractivity contribution in [2.45, 2.75) is 39.8 Å². The number of hydrogen-bond donors (Lipinski definition) is 1. The highest BCUT2D eigenvalue weighted by Gasteiger charge is 2.13. The average molecular weight is 466 g/mol. The first-order valence-corrected chi connectivity index (χ1v) is 10.00. The molecule has 0 spiro atoms. The van der Waals surface area contributed by atoms with Gasteiger partial charge in [0, 0.05) is 33.4 Å². The lowest BCUT2D eigenvalue weighted by molar-refractivity contribution is 0.102. The summed E-state index contributed by atoms with van der Waals surface area (Å²) in [5.41, 5.74) is 1.41. The number of anilines is 1. The third-order valence-electron chi connectivity index (χ3n) is 4.14. The van der Waals surface area contributed by atoms with E-state index < -0.39 is 0 Å². The molecule has 0 unspecified atom stereocenters. The van der Waals surface area contributed by atoms with E-state index >= 15 is 0 Å². The Balaban J connectivity index is 1.87. The van der Waals surface area contributed by atoms with Crippen LogP contribution in [-0.4, -0.2) is 36.0 Å². The Morgan fingerprint density at radius 1 is 1.08 bits per heavy atom. The number of benzene rings is 2. The van der Waals surface area contributed by atoms with Crippen molar-refractivity contribution in [3.05, 3.63) is 57.7 Å². The minimum atomic E-state index is -0.110. The van der Waals surface area contributed by atoms with Crippen molar-refractivity contribution in [1.82, 2.24) is 4.90 Å². The van der Waals surface area contributed by atoms with Gasteiger partial charge in [-0.25, -0.2) is 0 Å². The Morgan fingerprint density at radius 2 is 1.73 bits per heavy atom. The molecular weight excluding hydrogens is 439 g/mol. The molecule has 0 atom stereocenters. The van der Waals surface area contributed by atoms with Crippen LogP contribution in [0.25, 0.3) is 0 Å². The van der Waals surface area contributed by atoms with Crippen LogP contribution >= 0.6 is 22.6 Å². The Kier molecular flexibility index (Phi) is 7.90. The summed E-state index contributed by atoms with van der Waals surface area (Å²) in [5.74, 6) is 0.700. The second-order valence-electron chi connectivity index (χ2n) is 6.76. The van der Waals surface area contributed by atoms with Crippen molar-refractivity contribution in [3.8, 4) is 5.75 Å². The zero-order valence-electron chi connectivity index (χ0n) is 15.8. The van der Waals surface area contributed by atoms with Crippen molar-refractivity contribution in [2.24, 2.45) is 0 Å². The molecule has 0 aliphatic carbocycles. The molecule has 1 amide bonds. The number of amides is 1. The number of hydrogen-bond acceptors (Lipinski definition) is 3. The van der Waals surface area contributed by atoms with E-state index in [0.29, 0.717) is 24.3 Å². The fourth-order valence-corrected chi connectivity index (χ4v) is 3.39. The highest BCUT2D eigenvalue weighted by molar-refractivity contribution is 14.1. The van der Waals surface area contributed by atoms with Crippen molar-refractivity contribution in [2.75, 3.05) is 18.5 Å². The van der Waals surface area contributed by atoms with Crippen LogP contribution in [0, 0.1) is 3.57 Å². The fraction of sp³-hybridized carbons (Fsp3) is 0.381. The van der Waals surface area contributed by atoms with Gasteiger partial charge in [0.15, 0.2) is 0 Å². The van der Waals surface area contributed by atoms with E-state index in [4.69, 9.17) is 4.74 Å². The molecule has 140 valence electrons. The van der Waals surface area contributed by atoms with Gasteiger partial charge in [-0.15, -0.1) is 0 Å². The van der Waals surface area contributed by atoms with Gasteiger partial charge in [-0.1, -0.05) is 6.07 Å². The van der Waals surface area contributed by atoms with Crippen LogP contribution in [0.4, 0.5) is 5.69 Å². The summed E-state index contributed by atoms with van der Waals surface area (Å²) in [4.78, 5) is 14.7. The predicted octanol–water partition coefficient (Wildman–Crippen LogP) is 5.04. The molecule has 0 aliphatic heterocycles. The van der Waals surface area contributed by atoms with Crippen molar-refractivity contribution in [3.63, 3.8) is 0 Å². The van der Waals surface area contributed by atoms with Crippen LogP contribution < -0.4 is 10.1 Å². The summed E-state index contributed by atoms with van der Waals surface area (Å²) >= 11 is 2.20. The number of ether oxygens (including phenoxy) is 1. The lowest BCUT2D eigenvalue weighted by Gasteiger charge is -2.30. The SMILES string of the molecule is CC(C)N(CCOc1ccc(NC(=O)c2cccc(I)c2)cc1)C(C)C. The molecule has 2 rings (SSSR count). The zero-order valence-corrected chi connectivity index (χ0v) is 18.0. The molecule has 0 heterocycles. The molecule has 0 radical (unpaired) electrons. The summed E-state index contributed by atoms with van der Waals surface area (Å²) in [6, 6.07) is 16.0. The third-order valence-corrected chi connectivity index (χ3v) is 4.81. The van der Waals surface area contributed by atoms with Crippen LogP contribution in [-0.2, 0) is 0 Å². The summed E-state index contributed by atoms with van der Waals surface area (Å²) in [5, 5.41) is 2.91. The minimum absolute atomic E-state index is 0.110. The lowest BCUT2D eigenvalue weighted by Crippen LogP contribution is -2.39. The largest absolute Gasteiger partial charge is 0.492 e. The first kappa shape index (κ1) is 20.7. The molecule has 0 fully saturated rings.